The Kier molecular flexibility index (Phi) is 4.62. The molecule has 0 spiro atoms. The van der Waals surface area contributed by atoms with Crippen molar-refractivity contribution < 1.29 is 4.74 Å². The van der Waals surface area contributed by atoms with Gasteiger partial charge in [-0.25, -0.2) is 9.67 Å². The number of hydrogen-bond acceptors (Lipinski definition) is 7. The van der Waals surface area contributed by atoms with Crippen molar-refractivity contribution in [1.82, 2.24) is 25.0 Å². The van der Waals surface area contributed by atoms with Crippen LogP contribution in [0.15, 0.2) is 18.5 Å². The Balaban J connectivity index is 1.21. The number of fused-ring (bicyclic) bond motifs is 1. The number of ether oxygens (including phenoxy) is 1. The second-order valence-electron chi connectivity index (χ2n) is 9.67. The minimum atomic E-state index is 0.227. The summed E-state index contributed by atoms with van der Waals surface area (Å²) in [7, 11) is 1.90. The van der Waals surface area contributed by atoms with Gasteiger partial charge in [-0.05, 0) is 62.3 Å². The molecule has 1 saturated heterocycles. The molecule has 4 atom stereocenters. The van der Waals surface area contributed by atoms with Crippen LogP contribution in [0.4, 0.5) is 11.8 Å². The third kappa shape index (κ3) is 3.66. The fraction of sp³-hybridized carbons (Fsp3) is 0.727. The van der Waals surface area contributed by atoms with E-state index < -0.39 is 0 Å². The van der Waals surface area contributed by atoms with Crippen molar-refractivity contribution in [2.75, 3.05) is 37.0 Å². The molecular formula is C22H31N7O. The first kappa shape index (κ1) is 18.5. The van der Waals surface area contributed by atoms with Crippen LogP contribution >= 0.6 is 0 Å². The van der Waals surface area contributed by atoms with Gasteiger partial charge in [0.2, 0.25) is 5.95 Å². The lowest BCUT2D eigenvalue weighted by molar-refractivity contribution is -0.0375. The van der Waals surface area contributed by atoms with Crippen LogP contribution in [0.3, 0.4) is 0 Å². The number of hydrogen-bond donors (Lipinski definition) is 1. The highest BCUT2D eigenvalue weighted by Crippen LogP contribution is 2.45. The van der Waals surface area contributed by atoms with Gasteiger partial charge in [0, 0.05) is 45.1 Å². The molecule has 8 heteroatoms. The molecule has 8 nitrogen and oxygen atoms in total. The summed E-state index contributed by atoms with van der Waals surface area (Å²) in [6.45, 7) is 2.92. The maximum absolute atomic E-state index is 6.50. The summed E-state index contributed by atoms with van der Waals surface area (Å²) >= 11 is 0. The second-order valence-corrected chi connectivity index (χ2v) is 9.67. The van der Waals surface area contributed by atoms with Crippen molar-refractivity contribution in [3.05, 3.63) is 24.2 Å². The highest BCUT2D eigenvalue weighted by Gasteiger charge is 2.45. The molecule has 4 fully saturated rings. The lowest BCUT2D eigenvalue weighted by Crippen LogP contribution is -2.38. The van der Waals surface area contributed by atoms with Crippen molar-refractivity contribution in [1.29, 1.82) is 0 Å². The molecule has 1 aliphatic heterocycles. The molecular weight excluding hydrogens is 378 g/mol. The summed E-state index contributed by atoms with van der Waals surface area (Å²) in [6, 6.07) is 2.20. The molecule has 0 bridgehead atoms. The Bertz CT molecular complexity index is 893. The Morgan fingerprint density at radius 2 is 1.97 bits per heavy atom. The van der Waals surface area contributed by atoms with E-state index in [0.29, 0.717) is 17.8 Å². The minimum Gasteiger partial charge on any atom is -0.376 e. The summed E-state index contributed by atoms with van der Waals surface area (Å²) in [5.74, 6) is 4.36. The van der Waals surface area contributed by atoms with Crippen LogP contribution in [-0.2, 0) is 4.74 Å². The molecule has 0 amide bonds. The fourth-order valence-corrected chi connectivity index (χ4v) is 5.21. The van der Waals surface area contributed by atoms with E-state index in [1.165, 1.54) is 31.4 Å². The van der Waals surface area contributed by atoms with Gasteiger partial charge in [-0.2, -0.15) is 4.98 Å². The van der Waals surface area contributed by atoms with E-state index in [1.807, 2.05) is 19.3 Å². The van der Waals surface area contributed by atoms with Crippen molar-refractivity contribution in [2.45, 2.75) is 56.6 Å². The van der Waals surface area contributed by atoms with E-state index in [-0.39, 0.29) is 12.1 Å². The first-order valence-electron chi connectivity index (χ1n) is 11.6. The van der Waals surface area contributed by atoms with Crippen LogP contribution in [0.1, 0.15) is 56.2 Å². The number of nitrogens with zero attached hydrogens (tertiary/aromatic N) is 6. The van der Waals surface area contributed by atoms with E-state index >= 15 is 0 Å². The predicted octanol–water partition coefficient (Wildman–Crippen LogP) is 2.87. The Morgan fingerprint density at radius 3 is 2.73 bits per heavy atom. The smallest absolute Gasteiger partial charge is 0.227 e. The standard InChI is InChI=1S/C22H31N7O/c1-23-21-6-7-24-22(25-21)28-10-16-8-19(29-12-18(26-27-29)15-4-5-15)20(9-17(16)11-28)30-13-14-2-3-14/h6-7,12,14-17,19-20H,2-5,8-11,13H2,1H3,(H,23,24,25)/t16-,17+,19-,20-/m1/s1. The topological polar surface area (TPSA) is 81.0 Å². The Labute approximate surface area is 177 Å². The van der Waals surface area contributed by atoms with Crippen molar-refractivity contribution >= 4 is 11.8 Å². The molecule has 3 heterocycles. The lowest BCUT2D eigenvalue weighted by Gasteiger charge is -2.37. The van der Waals surface area contributed by atoms with Crippen LogP contribution in [0.25, 0.3) is 0 Å². The molecule has 30 heavy (non-hydrogen) atoms. The highest BCUT2D eigenvalue weighted by atomic mass is 16.5. The normalized spacial score (nSPS) is 31.0. The molecule has 6 rings (SSSR count). The fourth-order valence-electron chi connectivity index (χ4n) is 5.21. The van der Waals surface area contributed by atoms with Crippen LogP contribution < -0.4 is 10.2 Å². The molecule has 1 N–H and O–H groups in total. The van der Waals surface area contributed by atoms with E-state index in [4.69, 9.17) is 4.74 Å². The molecule has 3 saturated carbocycles. The maximum Gasteiger partial charge on any atom is 0.227 e. The largest absolute Gasteiger partial charge is 0.376 e. The molecule has 3 aliphatic carbocycles. The summed E-state index contributed by atoms with van der Waals surface area (Å²) in [4.78, 5) is 11.6. The number of anilines is 2. The zero-order valence-corrected chi connectivity index (χ0v) is 17.7. The van der Waals surface area contributed by atoms with Gasteiger partial charge in [0.1, 0.15) is 5.82 Å². The first-order chi connectivity index (χ1) is 14.8. The van der Waals surface area contributed by atoms with E-state index in [9.17, 15) is 0 Å². The van der Waals surface area contributed by atoms with Gasteiger partial charge in [0.15, 0.2) is 0 Å². The summed E-state index contributed by atoms with van der Waals surface area (Å²) in [6.07, 6.45) is 11.6. The number of rotatable bonds is 7. The molecule has 0 unspecified atom stereocenters. The van der Waals surface area contributed by atoms with E-state index in [1.54, 1.807) is 0 Å². The second kappa shape index (κ2) is 7.48. The van der Waals surface area contributed by atoms with Gasteiger partial charge in [-0.3, -0.25) is 0 Å². The monoisotopic (exact) mass is 409 g/mol. The molecule has 160 valence electrons. The van der Waals surface area contributed by atoms with Gasteiger partial charge in [-0.1, -0.05) is 5.21 Å². The molecule has 4 aliphatic rings. The van der Waals surface area contributed by atoms with Gasteiger partial charge in [-0.15, -0.1) is 5.10 Å². The number of nitrogens with one attached hydrogen (secondary N) is 1. The Hall–Kier alpha value is -2.22. The van der Waals surface area contributed by atoms with Crippen LogP contribution in [0, 0.1) is 17.8 Å². The van der Waals surface area contributed by atoms with E-state index in [0.717, 1.165) is 50.2 Å². The van der Waals surface area contributed by atoms with Crippen LogP contribution in [-0.4, -0.2) is 57.8 Å². The SMILES string of the molecule is CNc1ccnc(N2C[C@H]3C[C@@H](n4cc(C5CC5)nn4)[C@H](OCC4CC4)C[C@H]3C2)n1. The number of aromatic nitrogens is 5. The molecule has 2 aromatic rings. The van der Waals surface area contributed by atoms with Crippen LogP contribution in [0.5, 0.6) is 0 Å². The third-order valence-corrected chi connectivity index (χ3v) is 7.37. The summed E-state index contributed by atoms with van der Waals surface area (Å²) in [5, 5.41) is 12.2. The third-order valence-electron chi connectivity index (χ3n) is 7.37. The molecule has 0 radical (unpaired) electrons. The van der Waals surface area contributed by atoms with Gasteiger partial charge in [0.05, 0.1) is 17.8 Å². The highest BCUT2D eigenvalue weighted by molar-refractivity contribution is 5.41. The van der Waals surface area contributed by atoms with Crippen molar-refractivity contribution in [3.63, 3.8) is 0 Å². The first-order valence-corrected chi connectivity index (χ1v) is 11.6. The average Bonchev–Trinajstić information content (AvgIpc) is 3.71. The summed E-state index contributed by atoms with van der Waals surface area (Å²) < 4.78 is 8.62. The molecule has 2 aromatic heterocycles. The zero-order chi connectivity index (χ0) is 20.1. The zero-order valence-electron chi connectivity index (χ0n) is 17.7. The quantitative estimate of drug-likeness (QED) is 0.753. The van der Waals surface area contributed by atoms with Gasteiger partial charge >= 0.3 is 0 Å². The van der Waals surface area contributed by atoms with E-state index in [2.05, 4.69) is 41.4 Å². The van der Waals surface area contributed by atoms with Crippen LogP contribution in [0.2, 0.25) is 0 Å². The lowest BCUT2D eigenvalue weighted by atomic mass is 9.77. The minimum absolute atomic E-state index is 0.227. The van der Waals surface area contributed by atoms with Crippen molar-refractivity contribution in [2.24, 2.45) is 17.8 Å². The van der Waals surface area contributed by atoms with Gasteiger partial charge < -0.3 is 15.0 Å². The average molecular weight is 410 g/mol. The van der Waals surface area contributed by atoms with Crippen molar-refractivity contribution in [3.8, 4) is 0 Å². The predicted molar refractivity (Wildman–Crippen MR) is 114 cm³/mol. The maximum atomic E-state index is 6.50. The Morgan fingerprint density at radius 1 is 1.13 bits per heavy atom. The van der Waals surface area contributed by atoms with Gasteiger partial charge in [0.25, 0.3) is 0 Å². The molecule has 0 aromatic carbocycles. The summed E-state index contributed by atoms with van der Waals surface area (Å²) in [5.41, 5.74) is 1.17.